The molecule has 1 heterocycles. The number of alkyl halides is 2. The van der Waals surface area contributed by atoms with E-state index >= 15 is 0 Å². The van der Waals surface area contributed by atoms with Gasteiger partial charge in [0.15, 0.2) is 3.23 Å². The van der Waals surface area contributed by atoms with Crippen molar-refractivity contribution in [1.82, 2.24) is 5.32 Å². The lowest BCUT2D eigenvalue weighted by Crippen LogP contribution is -2.44. The summed E-state index contributed by atoms with van der Waals surface area (Å²) in [4.78, 5) is 21.8. The minimum atomic E-state index is -0.966. The van der Waals surface area contributed by atoms with Crippen molar-refractivity contribution in [2.45, 2.75) is 3.23 Å². The quantitative estimate of drug-likeness (QED) is 0.532. The molecule has 1 aliphatic heterocycles. The zero-order chi connectivity index (χ0) is 8.65. The number of nitrogens with one attached hydrogen (secondary N) is 1. The van der Waals surface area contributed by atoms with Crippen LogP contribution in [0.1, 0.15) is 0 Å². The van der Waals surface area contributed by atoms with Gasteiger partial charge in [0.05, 0.1) is 4.48 Å². The maximum Gasteiger partial charge on any atom is 0.264 e. The first-order valence-corrected chi connectivity index (χ1v) is 4.93. The summed E-state index contributed by atoms with van der Waals surface area (Å²) in [7, 11) is 0. The molecule has 0 unspecified atom stereocenters. The molecule has 0 saturated heterocycles. The van der Waals surface area contributed by atoms with Gasteiger partial charge in [-0.25, -0.2) is 0 Å². The van der Waals surface area contributed by atoms with Gasteiger partial charge in [0, 0.05) is 0 Å². The van der Waals surface area contributed by atoms with E-state index in [9.17, 15) is 9.59 Å². The molecule has 0 radical (unpaired) electrons. The van der Waals surface area contributed by atoms with Crippen molar-refractivity contribution < 1.29 is 9.59 Å². The molecule has 1 N–H and O–H groups in total. The predicted molar refractivity (Wildman–Crippen MR) is 50.7 cm³/mol. The SMILES string of the molecule is O=C1NC(=O)C(Br)(Br)C=C1Br. The number of halogens is 3. The first-order chi connectivity index (χ1) is 4.93. The van der Waals surface area contributed by atoms with Crippen molar-refractivity contribution in [3.8, 4) is 0 Å². The van der Waals surface area contributed by atoms with E-state index in [1.54, 1.807) is 0 Å². The third kappa shape index (κ3) is 1.91. The minimum Gasteiger partial charge on any atom is -0.290 e. The Morgan fingerprint density at radius 3 is 2.36 bits per heavy atom. The van der Waals surface area contributed by atoms with Gasteiger partial charge in [0.1, 0.15) is 0 Å². The van der Waals surface area contributed by atoms with Gasteiger partial charge in [-0.15, -0.1) is 0 Å². The largest absolute Gasteiger partial charge is 0.290 e. The van der Waals surface area contributed by atoms with E-state index in [1.165, 1.54) is 6.08 Å². The third-order valence-electron chi connectivity index (χ3n) is 1.05. The van der Waals surface area contributed by atoms with Crippen LogP contribution in [0, 0.1) is 0 Å². The second-order valence-corrected chi connectivity index (χ2v) is 6.32. The molecule has 2 amide bonds. The van der Waals surface area contributed by atoms with Crippen molar-refractivity contribution in [2.75, 3.05) is 0 Å². The number of imide groups is 1. The zero-order valence-corrected chi connectivity index (χ0v) is 9.79. The lowest BCUT2D eigenvalue weighted by molar-refractivity contribution is -0.128. The monoisotopic (exact) mass is 345 g/mol. The summed E-state index contributed by atoms with van der Waals surface area (Å²) < 4.78 is -0.641. The molecule has 6 heteroatoms. The van der Waals surface area contributed by atoms with Gasteiger partial charge in [-0.05, 0) is 22.0 Å². The summed E-state index contributed by atoms with van der Waals surface area (Å²) in [5.41, 5.74) is 0. The van der Waals surface area contributed by atoms with Crippen LogP contribution in [-0.2, 0) is 9.59 Å². The van der Waals surface area contributed by atoms with E-state index in [1.807, 2.05) is 0 Å². The average Bonchev–Trinajstić information content (AvgIpc) is 1.83. The summed E-state index contributed by atoms with van der Waals surface area (Å²) in [6.45, 7) is 0. The van der Waals surface area contributed by atoms with Gasteiger partial charge < -0.3 is 0 Å². The fraction of sp³-hybridized carbons (Fsp3) is 0.200. The van der Waals surface area contributed by atoms with Crippen LogP contribution in [0.5, 0.6) is 0 Å². The molecule has 1 aliphatic rings. The fourth-order valence-corrected chi connectivity index (χ4v) is 2.25. The maximum atomic E-state index is 11.0. The summed E-state index contributed by atoms with van der Waals surface area (Å²) in [5.74, 6) is -0.852. The second-order valence-electron chi connectivity index (χ2n) is 1.90. The van der Waals surface area contributed by atoms with Crippen LogP contribution in [-0.4, -0.2) is 15.0 Å². The normalized spacial score (nSPS) is 22.6. The van der Waals surface area contributed by atoms with Gasteiger partial charge in [-0.3, -0.25) is 14.9 Å². The minimum absolute atomic E-state index is 0.325. The highest BCUT2D eigenvalue weighted by atomic mass is 79.9. The van der Waals surface area contributed by atoms with E-state index in [4.69, 9.17) is 0 Å². The summed E-state index contributed by atoms with van der Waals surface area (Å²) in [6, 6.07) is 0. The van der Waals surface area contributed by atoms with Gasteiger partial charge in [0.25, 0.3) is 11.8 Å². The summed E-state index contributed by atoms with van der Waals surface area (Å²) in [5, 5.41) is 2.13. The van der Waals surface area contributed by atoms with Crippen molar-refractivity contribution in [3.05, 3.63) is 10.6 Å². The van der Waals surface area contributed by atoms with Crippen LogP contribution in [0.25, 0.3) is 0 Å². The molecular weight excluding hydrogens is 346 g/mol. The topological polar surface area (TPSA) is 46.2 Å². The van der Waals surface area contributed by atoms with Crippen LogP contribution < -0.4 is 5.32 Å². The first kappa shape index (κ1) is 9.41. The highest BCUT2D eigenvalue weighted by Crippen LogP contribution is 2.33. The number of rotatable bonds is 0. The van der Waals surface area contributed by atoms with Gasteiger partial charge >= 0.3 is 0 Å². The van der Waals surface area contributed by atoms with Crippen LogP contribution in [0.4, 0.5) is 0 Å². The zero-order valence-electron chi connectivity index (χ0n) is 5.03. The van der Waals surface area contributed by atoms with Gasteiger partial charge in [0.2, 0.25) is 0 Å². The van der Waals surface area contributed by atoms with E-state index in [0.717, 1.165) is 0 Å². The Balaban J connectivity index is 3.06. The number of hydrogen-bond acceptors (Lipinski definition) is 2. The molecule has 0 aliphatic carbocycles. The molecule has 0 aromatic rings. The molecule has 0 spiro atoms. The standard InChI is InChI=1S/C5H2Br3NO2/c6-2-1-5(7,8)4(11)9-3(2)10/h1H,(H,9,10,11). The van der Waals surface area contributed by atoms with Crippen LogP contribution in [0.15, 0.2) is 10.6 Å². The smallest absolute Gasteiger partial charge is 0.264 e. The molecular formula is C5H2Br3NO2. The molecule has 0 fully saturated rings. The highest BCUT2D eigenvalue weighted by Gasteiger charge is 2.36. The van der Waals surface area contributed by atoms with E-state index in [2.05, 4.69) is 53.1 Å². The Morgan fingerprint density at radius 2 is 1.91 bits per heavy atom. The molecule has 60 valence electrons. The van der Waals surface area contributed by atoms with Gasteiger partial charge in [-0.2, -0.15) is 0 Å². The van der Waals surface area contributed by atoms with E-state index < -0.39 is 15.0 Å². The molecule has 0 aromatic heterocycles. The number of amides is 2. The average molecular weight is 348 g/mol. The van der Waals surface area contributed by atoms with E-state index in [-0.39, 0.29) is 0 Å². The van der Waals surface area contributed by atoms with Crippen LogP contribution >= 0.6 is 47.8 Å². The predicted octanol–water partition coefficient (Wildman–Crippen LogP) is 1.41. The number of carbonyl (C=O) groups is 2. The highest BCUT2D eigenvalue weighted by molar-refractivity contribution is 9.26. The Bertz CT molecular complexity index is 258. The summed E-state index contributed by atoms with van der Waals surface area (Å²) in [6.07, 6.45) is 1.44. The van der Waals surface area contributed by atoms with Crippen LogP contribution in [0.2, 0.25) is 0 Å². The van der Waals surface area contributed by atoms with Crippen molar-refractivity contribution in [1.29, 1.82) is 0 Å². The molecule has 0 saturated carbocycles. The van der Waals surface area contributed by atoms with E-state index in [0.29, 0.717) is 4.48 Å². The molecule has 0 aromatic carbocycles. The van der Waals surface area contributed by atoms with Crippen molar-refractivity contribution >= 4 is 59.6 Å². The molecule has 1 rings (SSSR count). The third-order valence-corrected chi connectivity index (χ3v) is 2.82. The lowest BCUT2D eigenvalue weighted by Gasteiger charge is -2.19. The van der Waals surface area contributed by atoms with Crippen molar-refractivity contribution in [2.24, 2.45) is 0 Å². The van der Waals surface area contributed by atoms with Crippen LogP contribution in [0.3, 0.4) is 0 Å². The van der Waals surface area contributed by atoms with Crippen molar-refractivity contribution in [3.63, 3.8) is 0 Å². The Hall–Kier alpha value is 0.320. The fourth-order valence-electron chi connectivity index (χ4n) is 0.536. The Labute approximate surface area is 88.0 Å². The number of carbonyl (C=O) groups excluding carboxylic acids is 2. The van der Waals surface area contributed by atoms with Gasteiger partial charge in [-0.1, -0.05) is 31.9 Å². The molecule has 0 bridgehead atoms. The second kappa shape index (κ2) is 2.99. The summed E-state index contributed by atoms with van der Waals surface area (Å²) >= 11 is 9.14. The molecule has 11 heavy (non-hydrogen) atoms. The lowest BCUT2D eigenvalue weighted by atomic mass is 10.3. The molecule has 3 nitrogen and oxygen atoms in total. The Kier molecular flexibility index (Phi) is 2.56. The first-order valence-electron chi connectivity index (χ1n) is 2.55. The number of hydrogen-bond donors (Lipinski definition) is 1. The Morgan fingerprint density at radius 1 is 1.36 bits per heavy atom. The maximum absolute atomic E-state index is 11.0. The molecule has 0 atom stereocenters.